The molecule has 1 unspecified atom stereocenters. The van der Waals surface area contributed by atoms with Gasteiger partial charge in [0, 0.05) is 24.8 Å². The zero-order valence-corrected chi connectivity index (χ0v) is 10.6. The van der Waals surface area contributed by atoms with Gasteiger partial charge in [-0.15, -0.1) is 0 Å². The minimum absolute atomic E-state index is 0.327. The van der Waals surface area contributed by atoms with Crippen LogP contribution in [0.2, 0.25) is 0 Å². The lowest BCUT2D eigenvalue weighted by Crippen LogP contribution is -2.28. The molecule has 0 aromatic carbocycles. The highest BCUT2D eigenvalue weighted by molar-refractivity contribution is 9.09. The Labute approximate surface area is 94.6 Å². The summed E-state index contributed by atoms with van der Waals surface area (Å²) in [5.74, 6) is 0.857. The number of rotatable bonds is 5. The van der Waals surface area contributed by atoms with Crippen LogP contribution in [0.1, 0.15) is 12.8 Å². The Balaban J connectivity index is 2.21. The number of hydrogen-bond acceptors (Lipinski definition) is 2. The van der Waals surface area contributed by atoms with Crippen LogP contribution in [0.3, 0.4) is 0 Å². The minimum Gasteiger partial charge on any atom is -0.342 e. The topological polar surface area (TPSA) is 23.6 Å². The first-order chi connectivity index (χ1) is 6.63. The lowest BCUT2D eigenvalue weighted by molar-refractivity contribution is -0.127. The molecule has 1 amide bonds. The quantitative estimate of drug-likeness (QED) is 0.695. The van der Waals surface area contributed by atoms with Gasteiger partial charge < -0.3 is 9.80 Å². The van der Waals surface area contributed by atoms with Crippen molar-refractivity contribution >= 4 is 21.8 Å². The molecular weight excluding hydrogens is 244 g/mol. The van der Waals surface area contributed by atoms with E-state index in [1.165, 1.54) is 0 Å². The number of nitrogens with zero attached hydrogens (tertiary/aromatic N) is 2. The molecule has 1 aliphatic rings. The van der Waals surface area contributed by atoms with Crippen molar-refractivity contribution in [1.82, 2.24) is 9.80 Å². The summed E-state index contributed by atoms with van der Waals surface area (Å²) in [7, 11) is 4.13. The minimum atomic E-state index is 0.327. The molecule has 1 saturated heterocycles. The molecule has 4 heteroatoms. The number of amides is 1. The van der Waals surface area contributed by atoms with Crippen molar-refractivity contribution < 1.29 is 4.79 Å². The summed E-state index contributed by atoms with van der Waals surface area (Å²) < 4.78 is 0. The smallest absolute Gasteiger partial charge is 0.222 e. The van der Waals surface area contributed by atoms with Crippen LogP contribution in [0.4, 0.5) is 0 Å². The SMILES string of the molecule is CN(C)CCCN1CC(CBr)CC1=O. The van der Waals surface area contributed by atoms with Crippen molar-refractivity contribution in [3.63, 3.8) is 0 Å². The monoisotopic (exact) mass is 262 g/mol. The van der Waals surface area contributed by atoms with Gasteiger partial charge in [-0.2, -0.15) is 0 Å². The second-order valence-electron chi connectivity index (χ2n) is 4.22. The Morgan fingerprint density at radius 3 is 2.79 bits per heavy atom. The van der Waals surface area contributed by atoms with Crippen LogP contribution in [0, 0.1) is 5.92 Å². The van der Waals surface area contributed by atoms with Crippen LogP contribution in [0.15, 0.2) is 0 Å². The maximum Gasteiger partial charge on any atom is 0.222 e. The molecular formula is C10H19BrN2O. The van der Waals surface area contributed by atoms with Crippen LogP contribution in [0.25, 0.3) is 0 Å². The molecule has 0 saturated carbocycles. The third-order valence-corrected chi connectivity index (χ3v) is 3.46. The van der Waals surface area contributed by atoms with Crippen molar-refractivity contribution in [3.8, 4) is 0 Å². The third-order valence-electron chi connectivity index (χ3n) is 2.55. The first-order valence-electron chi connectivity index (χ1n) is 5.12. The van der Waals surface area contributed by atoms with E-state index in [-0.39, 0.29) is 0 Å². The van der Waals surface area contributed by atoms with Crippen LogP contribution < -0.4 is 0 Å². The second-order valence-corrected chi connectivity index (χ2v) is 4.87. The maximum absolute atomic E-state index is 11.5. The molecule has 3 nitrogen and oxygen atoms in total. The Hall–Kier alpha value is -0.0900. The fourth-order valence-corrected chi connectivity index (χ4v) is 2.18. The summed E-state index contributed by atoms with van der Waals surface area (Å²) >= 11 is 3.44. The lowest BCUT2D eigenvalue weighted by Gasteiger charge is -2.17. The highest BCUT2D eigenvalue weighted by Crippen LogP contribution is 2.19. The zero-order chi connectivity index (χ0) is 10.6. The van der Waals surface area contributed by atoms with Gasteiger partial charge in [0.25, 0.3) is 0 Å². The molecule has 0 bridgehead atoms. The van der Waals surface area contributed by atoms with E-state index < -0.39 is 0 Å². The Morgan fingerprint density at radius 2 is 2.29 bits per heavy atom. The lowest BCUT2D eigenvalue weighted by atomic mass is 10.2. The molecule has 1 rings (SSSR count). The predicted octanol–water partition coefficient (Wildman–Crippen LogP) is 1.18. The van der Waals surface area contributed by atoms with E-state index in [0.29, 0.717) is 11.8 Å². The van der Waals surface area contributed by atoms with E-state index >= 15 is 0 Å². The number of carbonyl (C=O) groups excluding carboxylic acids is 1. The van der Waals surface area contributed by atoms with E-state index in [0.717, 1.165) is 37.8 Å². The van der Waals surface area contributed by atoms with Crippen molar-refractivity contribution in [2.75, 3.05) is 39.1 Å². The van der Waals surface area contributed by atoms with E-state index in [1.807, 2.05) is 4.90 Å². The van der Waals surface area contributed by atoms with Crippen molar-refractivity contribution in [2.45, 2.75) is 12.8 Å². The number of alkyl halides is 1. The summed E-state index contributed by atoms with van der Waals surface area (Å²) in [4.78, 5) is 15.7. The number of halogens is 1. The highest BCUT2D eigenvalue weighted by Gasteiger charge is 2.27. The van der Waals surface area contributed by atoms with Crippen molar-refractivity contribution in [2.24, 2.45) is 5.92 Å². The summed E-state index contributed by atoms with van der Waals surface area (Å²) in [6, 6.07) is 0. The van der Waals surface area contributed by atoms with Gasteiger partial charge in [0.2, 0.25) is 5.91 Å². The van der Waals surface area contributed by atoms with Crippen LogP contribution in [0.5, 0.6) is 0 Å². The molecule has 0 aliphatic carbocycles. The Morgan fingerprint density at radius 1 is 1.57 bits per heavy atom. The average Bonchev–Trinajstić information content (AvgIpc) is 2.47. The molecule has 0 aromatic heterocycles. The van der Waals surface area contributed by atoms with Gasteiger partial charge in [0.05, 0.1) is 0 Å². The Kier molecular flexibility index (Phi) is 4.89. The first kappa shape index (κ1) is 12.0. The summed E-state index contributed by atoms with van der Waals surface area (Å²) in [5.41, 5.74) is 0. The Bertz CT molecular complexity index is 197. The predicted molar refractivity (Wildman–Crippen MR) is 61.7 cm³/mol. The van der Waals surface area contributed by atoms with Crippen LogP contribution >= 0.6 is 15.9 Å². The second kappa shape index (κ2) is 5.71. The molecule has 0 radical (unpaired) electrons. The highest BCUT2D eigenvalue weighted by atomic mass is 79.9. The molecule has 0 N–H and O–H groups in total. The van der Waals surface area contributed by atoms with Gasteiger partial charge >= 0.3 is 0 Å². The largest absolute Gasteiger partial charge is 0.342 e. The zero-order valence-electron chi connectivity index (χ0n) is 9.00. The molecule has 1 aliphatic heterocycles. The fourth-order valence-electron chi connectivity index (χ4n) is 1.75. The van der Waals surface area contributed by atoms with Crippen LogP contribution in [-0.2, 0) is 4.79 Å². The third kappa shape index (κ3) is 3.58. The van der Waals surface area contributed by atoms with Crippen molar-refractivity contribution in [3.05, 3.63) is 0 Å². The van der Waals surface area contributed by atoms with Gasteiger partial charge in [0.15, 0.2) is 0 Å². The van der Waals surface area contributed by atoms with Gasteiger partial charge in [-0.05, 0) is 33.0 Å². The molecule has 0 spiro atoms. The summed E-state index contributed by atoms with van der Waals surface area (Å²) in [5, 5.41) is 0.947. The summed E-state index contributed by atoms with van der Waals surface area (Å²) in [6.45, 7) is 2.92. The summed E-state index contributed by atoms with van der Waals surface area (Å²) in [6.07, 6.45) is 1.81. The number of likely N-dealkylation sites (tertiary alicyclic amines) is 1. The fraction of sp³-hybridized carbons (Fsp3) is 0.900. The number of hydrogen-bond donors (Lipinski definition) is 0. The van der Waals surface area contributed by atoms with Gasteiger partial charge in [-0.3, -0.25) is 4.79 Å². The van der Waals surface area contributed by atoms with Crippen LogP contribution in [-0.4, -0.2) is 54.8 Å². The van der Waals surface area contributed by atoms with Gasteiger partial charge in [-0.25, -0.2) is 0 Å². The first-order valence-corrected chi connectivity index (χ1v) is 6.24. The van der Waals surface area contributed by atoms with E-state index in [4.69, 9.17) is 0 Å². The van der Waals surface area contributed by atoms with E-state index in [9.17, 15) is 4.79 Å². The molecule has 1 atom stereocenters. The molecule has 82 valence electrons. The van der Waals surface area contributed by atoms with Crippen molar-refractivity contribution in [1.29, 1.82) is 0 Å². The average molecular weight is 263 g/mol. The molecule has 1 heterocycles. The molecule has 1 fully saturated rings. The maximum atomic E-state index is 11.5. The molecule has 0 aromatic rings. The molecule has 14 heavy (non-hydrogen) atoms. The van der Waals surface area contributed by atoms with E-state index in [1.54, 1.807) is 0 Å². The normalized spacial score (nSPS) is 22.4. The van der Waals surface area contributed by atoms with E-state index in [2.05, 4.69) is 34.9 Å². The standard InChI is InChI=1S/C10H19BrN2O/c1-12(2)4-3-5-13-8-9(7-11)6-10(13)14/h9H,3-8H2,1-2H3. The van der Waals surface area contributed by atoms with Gasteiger partial charge in [0.1, 0.15) is 0 Å². The number of carbonyl (C=O) groups is 1. The van der Waals surface area contributed by atoms with Gasteiger partial charge in [-0.1, -0.05) is 15.9 Å².